The topological polar surface area (TPSA) is 183 Å². The Morgan fingerprint density at radius 2 is 1.73 bits per heavy atom. The van der Waals surface area contributed by atoms with Gasteiger partial charge in [0.15, 0.2) is 18.3 Å². The Balaban J connectivity index is 2.66. The lowest BCUT2D eigenvalue weighted by atomic mass is 9.91. The molecule has 0 saturated heterocycles. The van der Waals surface area contributed by atoms with Crippen LogP contribution in [0.3, 0.4) is 0 Å². The monoisotopic (exact) mass is 526 g/mol. The van der Waals surface area contributed by atoms with Gasteiger partial charge < -0.3 is 33.7 Å². The van der Waals surface area contributed by atoms with Crippen molar-refractivity contribution in [2.45, 2.75) is 64.7 Å². The molecular weight excluding hydrogens is 496 g/mol. The van der Waals surface area contributed by atoms with Crippen molar-refractivity contribution in [3.63, 3.8) is 0 Å². The SMILES string of the molecule is COCc1cn([C@H]2C=C(C(=O)OC)O[C@@H]([C@H](OC(C)=O)C(COC(C)=O)OC(C)=O)[C@@H]2NC(C)=O)nn1. The summed E-state index contributed by atoms with van der Waals surface area (Å²) in [7, 11) is 2.61. The highest BCUT2D eigenvalue weighted by Crippen LogP contribution is 2.32. The first-order chi connectivity index (χ1) is 17.5. The second-order valence-corrected chi connectivity index (χ2v) is 7.97. The zero-order chi connectivity index (χ0) is 27.7. The minimum atomic E-state index is -1.46. The summed E-state index contributed by atoms with van der Waals surface area (Å²) in [5, 5.41) is 10.8. The molecule has 1 aliphatic rings. The average molecular weight is 526 g/mol. The van der Waals surface area contributed by atoms with Gasteiger partial charge in [-0.2, -0.15) is 0 Å². The van der Waals surface area contributed by atoms with Crippen LogP contribution in [-0.4, -0.2) is 90.0 Å². The fourth-order valence-electron chi connectivity index (χ4n) is 3.67. The van der Waals surface area contributed by atoms with Gasteiger partial charge in [-0.05, 0) is 6.08 Å². The standard InChI is InChI=1S/C22H30N4O11/c1-11(27)23-19-16(26-8-15(9-32-5)24-25-26)7-17(22(31)33-6)37-21(19)20(36-14(4)30)18(35-13(3)29)10-34-12(2)28/h7-8,16,18-21H,9-10H2,1-6H3,(H,23,27)/t16-,18?,19+,20+,21+/m0/s1. The summed E-state index contributed by atoms with van der Waals surface area (Å²) in [6, 6.07) is -1.97. The Morgan fingerprint density at radius 3 is 2.27 bits per heavy atom. The van der Waals surface area contributed by atoms with E-state index in [1.807, 2.05) is 0 Å². The van der Waals surface area contributed by atoms with E-state index < -0.39 is 66.8 Å². The fraction of sp³-hybridized carbons (Fsp3) is 0.591. The molecule has 1 amide bonds. The molecule has 2 rings (SSSR count). The molecule has 0 aromatic carbocycles. The quantitative estimate of drug-likeness (QED) is 0.284. The summed E-state index contributed by atoms with van der Waals surface area (Å²) in [4.78, 5) is 60.2. The van der Waals surface area contributed by atoms with Crippen LogP contribution in [0.25, 0.3) is 0 Å². The van der Waals surface area contributed by atoms with E-state index in [1.165, 1.54) is 31.0 Å². The van der Waals surface area contributed by atoms with Crippen molar-refractivity contribution in [1.29, 1.82) is 0 Å². The van der Waals surface area contributed by atoms with Gasteiger partial charge in [0.25, 0.3) is 0 Å². The first-order valence-corrected chi connectivity index (χ1v) is 11.1. The number of nitrogens with zero attached hydrogens (tertiary/aromatic N) is 3. The van der Waals surface area contributed by atoms with E-state index in [-0.39, 0.29) is 12.4 Å². The molecule has 0 fully saturated rings. The summed E-state index contributed by atoms with van der Waals surface area (Å²) >= 11 is 0. The first-order valence-electron chi connectivity index (χ1n) is 11.1. The zero-order valence-electron chi connectivity index (χ0n) is 21.3. The molecule has 0 radical (unpaired) electrons. The third-order valence-electron chi connectivity index (χ3n) is 4.98. The number of methoxy groups -OCH3 is 2. The maximum absolute atomic E-state index is 12.5. The predicted octanol–water partition coefficient (Wildman–Crippen LogP) is -0.647. The number of esters is 4. The number of ether oxygens (including phenoxy) is 6. The van der Waals surface area contributed by atoms with Gasteiger partial charge in [-0.15, -0.1) is 5.10 Å². The van der Waals surface area contributed by atoms with Crippen LogP contribution in [-0.2, 0) is 59.0 Å². The lowest BCUT2D eigenvalue weighted by molar-refractivity contribution is -0.188. The summed E-state index contributed by atoms with van der Waals surface area (Å²) in [6.45, 7) is 4.21. The van der Waals surface area contributed by atoms with Crippen LogP contribution in [0.4, 0.5) is 0 Å². The van der Waals surface area contributed by atoms with Gasteiger partial charge in [0, 0.05) is 34.8 Å². The molecule has 1 aromatic rings. The summed E-state index contributed by atoms with van der Waals surface area (Å²) in [5.74, 6) is -3.94. The summed E-state index contributed by atoms with van der Waals surface area (Å²) in [5.41, 5.74) is 0.448. The molecule has 1 aromatic heterocycles. The van der Waals surface area contributed by atoms with E-state index in [0.717, 1.165) is 27.9 Å². The summed E-state index contributed by atoms with van der Waals surface area (Å²) in [6.07, 6.45) is -1.31. The normalized spacial score (nSPS) is 20.4. The number of carbonyl (C=O) groups is 5. The van der Waals surface area contributed by atoms with Crippen molar-refractivity contribution in [2.24, 2.45) is 0 Å². The van der Waals surface area contributed by atoms with E-state index in [1.54, 1.807) is 0 Å². The highest BCUT2D eigenvalue weighted by molar-refractivity contribution is 5.86. The Kier molecular flexibility index (Phi) is 10.5. The van der Waals surface area contributed by atoms with Crippen LogP contribution in [0, 0.1) is 0 Å². The highest BCUT2D eigenvalue weighted by atomic mass is 16.6. The molecule has 15 heteroatoms. The number of aromatic nitrogens is 3. The van der Waals surface area contributed by atoms with Gasteiger partial charge in [-0.1, -0.05) is 5.21 Å². The van der Waals surface area contributed by atoms with E-state index in [4.69, 9.17) is 28.4 Å². The van der Waals surface area contributed by atoms with E-state index in [2.05, 4.69) is 15.6 Å². The molecule has 5 atom stereocenters. The second-order valence-electron chi connectivity index (χ2n) is 7.97. The molecule has 1 N–H and O–H groups in total. The summed E-state index contributed by atoms with van der Waals surface area (Å²) < 4.78 is 32.9. The molecule has 15 nitrogen and oxygen atoms in total. The van der Waals surface area contributed by atoms with Gasteiger partial charge in [-0.25, -0.2) is 9.48 Å². The van der Waals surface area contributed by atoms with Crippen LogP contribution in [0.2, 0.25) is 0 Å². The fourth-order valence-corrected chi connectivity index (χ4v) is 3.67. The third-order valence-corrected chi connectivity index (χ3v) is 4.98. The van der Waals surface area contributed by atoms with Crippen molar-refractivity contribution < 1.29 is 52.4 Å². The number of nitrogens with one attached hydrogen (secondary N) is 1. The van der Waals surface area contributed by atoms with E-state index in [9.17, 15) is 24.0 Å². The lowest BCUT2D eigenvalue weighted by Crippen LogP contribution is -2.60. The zero-order valence-corrected chi connectivity index (χ0v) is 21.3. The van der Waals surface area contributed by atoms with Crippen LogP contribution in [0.1, 0.15) is 39.4 Å². The second kappa shape index (κ2) is 13.3. The van der Waals surface area contributed by atoms with Crippen molar-refractivity contribution in [3.05, 3.63) is 23.7 Å². The number of hydrogen-bond acceptors (Lipinski definition) is 13. The molecule has 0 aliphatic carbocycles. The molecular formula is C22H30N4O11. The van der Waals surface area contributed by atoms with Crippen LogP contribution < -0.4 is 5.32 Å². The highest BCUT2D eigenvalue weighted by Gasteiger charge is 2.48. The largest absolute Gasteiger partial charge is 0.477 e. The maximum atomic E-state index is 12.5. The van der Waals surface area contributed by atoms with Crippen LogP contribution in [0.15, 0.2) is 18.0 Å². The average Bonchev–Trinajstić information content (AvgIpc) is 3.28. The smallest absolute Gasteiger partial charge is 0.373 e. The van der Waals surface area contributed by atoms with Gasteiger partial charge in [-0.3, -0.25) is 19.2 Å². The molecule has 1 unspecified atom stereocenters. The van der Waals surface area contributed by atoms with Crippen LogP contribution in [0.5, 0.6) is 0 Å². The Bertz CT molecular complexity index is 1040. The first kappa shape index (κ1) is 29.2. The van der Waals surface area contributed by atoms with Crippen molar-refractivity contribution >= 4 is 29.8 Å². The number of rotatable bonds is 11. The molecule has 2 heterocycles. The molecule has 204 valence electrons. The molecule has 1 aliphatic heterocycles. The number of hydrogen-bond donors (Lipinski definition) is 1. The van der Waals surface area contributed by atoms with E-state index >= 15 is 0 Å². The van der Waals surface area contributed by atoms with Gasteiger partial charge in [0.05, 0.1) is 32.0 Å². The number of carbonyl (C=O) groups excluding carboxylic acids is 5. The minimum Gasteiger partial charge on any atom is -0.477 e. The van der Waals surface area contributed by atoms with E-state index in [0.29, 0.717) is 5.69 Å². The van der Waals surface area contributed by atoms with Crippen molar-refractivity contribution in [1.82, 2.24) is 20.3 Å². The Labute approximate surface area is 212 Å². The molecule has 0 bridgehead atoms. The predicted molar refractivity (Wildman–Crippen MR) is 120 cm³/mol. The van der Waals surface area contributed by atoms with Crippen molar-refractivity contribution in [2.75, 3.05) is 20.8 Å². The van der Waals surface area contributed by atoms with Gasteiger partial charge in [0.1, 0.15) is 12.3 Å². The molecule has 0 spiro atoms. The molecule has 37 heavy (non-hydrogen) atoms. The Hall–Kier alpha value is -4.01. The third kappa shape index (κ3) is 8.27. The minimum absolute atomic E-state index is 0.137. The van der Waals surface area contributed by atoms with Gasteiger partial charge >= 0.3 is 23.9 Å². The number of amides is 1. The Morgan fingerprint density at radius 1 is 1.05 bits per heavy atom. The lowest BCUT2D eigenvalue weighted by Gasteiger charge is -2.41. The van der Waals surface area contributed by atoms with Crippen LogP contribution >= 0.6 is 0 Å². The maximum Gasteiger partial charge on any atom is 0.373 e. The van der Waals surface area contributed by atoms with Crippen molar-refractivity contribution in [3.8, 4) is 0 Å². The van der Waals surface area contributed by atoms with Gasteiger partial charge in [0.2, 0.25) is 11.7 Å². The molecule has 0 saturated carbocycles.